The molecule has 2 heterocycles. The van der Waals surface area contributed by atoms with E-state index in [2.05, 4.69) is 4.98 Å². The van der Waals surface area contributed by atoms with Crippen LogP contribution in [0.3, 0.4) is 0 Å². The molecule has 1 fully saturated rings. The molecule has 9 heteroatoms. The molecule has 4 rings (SSSR count). The predicted molar refractivity (Wildman–Crippen MR) is 123 cm³/mol. The van der Waals surface area contributed by atoms with Crippen molar-refractivity contribution in [1.82, 2.24) is 19.4 Å². The van der Waals surface area contributed by atoms with E-state index in [1.54, 1.807) is 53.3 Å². The van der Waals surface area contributed by atoms with Gasteiger partial charge in [0.25, 0.3) is 11.5 Å². The zero-order valence-electron chi connectivity index (χ0n) is 17.8. The lowest BCUT2D eigenvalue weighted by molar-refractivity contribution is -0.132. The van der Waals surface area contributed by atoms with Crippen LogP contribution in [0, 0.1) is 0 Å². The normalized spacial score (nSPS) is 13.5. The highest BCUT2D eigenvalue weighted by atomic mass is 35.5. The molecule has 32 heavy (non-hydrogen) atoms. The summed E-state index contributed by atoms with van der Waals surface area (Å²) in [5.41, 5.74) is 1.02. The van der Waals surface area contributed by atoms with Crippen molar-refractivity contribution in [1.29, 1.82) is 0 Å². The smallest absolute Gasteiger partial charge is 0.261 e. The fourth-order valence-electron chi connectivity index (χ4n) is 3.79. The second-order valence-electron chi connectivity index (χ2n) is 7.38. The number of benzene rings is 2. The minimum Gasteiger partial charge on any atom is -0.496 e. The number of ether oxygens (including phenoxy) is 1. The SMILES string of the molecule is COc1ccccc1C(=O)N1CCN(C(=O)CCn2cnc3ccccc3c2=O)CC1.Cl. The van der Waals surface area contributed by atoms with Gasteiger partial charge in [-0.25, -0.2) is 4.98 Å². The van der Waals surface area contributed by atoms with Gasteiger partial charge in [0.1, 0.15) is 5.75 Å². The van der Waals surface area contributed by atoms with Gasteiger partial charge in [-0.05, 0) is 24.3 Å². The third kappa shape index (κ3) is 4.75. The Bertz CT molecular complexity index is 1170. The van der Waals surface area contributed by atoms with Crippen LogP contribution in [0.2, 0.25) is 0 Å². The van der Waals surface area contributed by atoms with Crippen LogP contribution in [0.1, 0.15) is 16.8 Å². The summed E-state index contributed by atoms with van der Waals surface area (Å²) in [5.74, 6) is 0.406. The van der Waals surface area contributed by atoms with Gasteiger partial charge in [-0.3, -0.25) is 19.0 Å². The number of carbonyl (C=O) groups is 2. The molecule has 0 bridgehead atoms. The second-order valence-corrected chi connectivity index (χ2v) is 7.38. The van der Waals surface area contributed by atoms with E-state index in [0.29, 0.717) is 48.4 Å². The first kappa shape index (κ1) is 23.3. The van der Waals surface area contributed by atoms with Crippen LogP contribution in [-0.4, -0.2) is 64.5 Å². The van der Waals surface area contributed by atoms with Crippen LogP contribution < -0.4 is 10.3 Å². The highest BCUT2D eigenvalue weighted by molar-refractivity contribution is 5.97. The number of aryl methyl sites for hydroxylation is 1. The third-order valence-electron chi connectivity index (χ3n) is 5.56. The molecular formula is C23H25ClN4O4. The first-order valence-electron chi connectivity index (χ1n) is 10.2. The summed E-state index contributed by atoms with van der Waals surface area (Å²) in [6.07, 6.45) is 1.70. The number of piperazine rings is 1. The summed E-state index contributed by atoms with van der Waals surface area (Å²) in [4.78, 5) is 45.8. The van der Waals surface area contributed by atoms with Gasteiger partial charge in [0.05, 0.1) is 29.9 Å². The van der Waals surface area contributed by atoms with Crippen LogP contribution in [0.4, 0.5) is 0 Å². The Morgan fingerprint density at radius 3 is 2.38 bits per heavy atom. The van der Waals surface area contributed by atoms with Crippen molar-refractivity contribution < 1.29 is 14.3 Å². The average Bonchev–Trinajstić information content (AvgIpc) is 2.83. The lowest BCUT2D eigenvalue weighted by Crippen LogP contribution is -2.50. The van der Waals surface area contributed by atoms with Gasteiger partial charge in [0.2, 0.25) is 5.91 Å². The molecule has 1 aliphatic heterocycles. The van der Waals surface area contributed by atoms with E-state index >= 15 is 0 Å². The molecule has 0 N–H and O–H groups in total. The standard InChI is InChI=1S/C23H24N4O4.ClH/c1-31-20-9-5-3-7-18(20)23(30)26-14-12-25(13-15-26)21(28)10-11-27-16-24-19-8-4-2-6-17(19)22(27)29;/h2-9,16H,10-15H2,1H3;1H. The van der Waals surface area contributed by atoms with Crippen LogP contribution >= 0.6 is 12.4 Å². The van der Waals surface area contributed by atoms with Crippen molar-refractivity contribution in [2.75, 3.05) is 33.3 Å². The number of fused-ring (bicyclic) bond motifs is 1. The number of hydrogen-bond donors (Lipinski definition) is 0. The summed E-state index contributed by atoms with van der Waals surface area (Å²) in [5, 5.41) is 0.543. The van der Waals surface area contributed by atoms with Gasteiger partial charge in [-0.1, -0.05) is 24.3 Å². The number of para-hydroxylation sites is 2. The quantitative estimate of drug-likeness (QED) is 0.587. The summed E-state index contributed by atoms with van der Waals surface area (Å²) >= 11 is 0. The predicted octanol–water partition coefficient (Wildman–Crippen LogP) is 2.20. The van der Waals surface area contributed by atoms with E-state index in [9.17, 15) is 14.4 Å². The van der Waals surface area contributed by atoms with Gasteiger partial charge >= 0.3 is 0 Å². The van der Waals surface area contributed by atoms with Crippen LogP contribution in [-0.2, 0) is 11.3 Å². The lowest BCUT2D eigenvalue weighted by Gasteiger charge is -2.35. The molecule has 1 saturated heterocycles. The van der Waals surface area contributed by atoms with Gasteiger partial charge in [-0.2, -0.15) is 0 Å². The Balaban J connectivity index is 0.00000289. The Morgan fingerprint density at radius 2 is 1.62 bits per heavy atom. The molecule has 2 amide bonds. The number of methoxy groups -OCH3 is 1. The Morgan fingerprint density at radius 1 is 0.969 bits per heavy atom. The van der Waals surface area contributed by atoms with Crippen molar-refractivity contribution in [3.05, 3.63) is 70.8 Å². The maximum absolute atomic E-state index is 12.8. The second kappa shape index (κ2) is 10.3. The van der Waals surface area contributed by atoms with Crippen molar-refractivity contribution in [3.8, 4) is 5.75 Å². The van der Waals surface area contributed by atoms with E-state index < -0.39 is 0 Å². The summed E-state index contributed by atoms with van der Waals surface area (Å²) in [7, 11) is 1.54. The van der Waals surface area contributed by atoms with Gasteiger partial charge in [-0.15, -0.1) is 12.4 Å². The Labute approximate surface area is 191 Å². The van der Waals surface area contributed by atoms with Gasteiger partial charge in [0, 0.05) is 39.1 Å². The molecule has 2 aromatic carbocycles. The number of halogens is 1. The number of amides is 2. The van der Waals surface area contributed by atoms with Crippen molar-refractivity contribution in [3.63, 3.8) is 0 Å². The van der Waals surface area contributed by atoms with Crippen LogP contribution in [0.15, 0.2) is 59.7 Å². The molecule has 0 atom stereocenters. The number of nitrogens with zero attached hydrogens (tertiary/aromatic N) is 4. The lowest BCUT2D eigenvalue weighted by atomic mass is 10.1. The first-order chi connectivity index (χ1) is 15.1. The number of rotatable bonds is 5. The van der Waals surface area contributed by atoms with Crippen LogP contribution in [0.25, 0.3) is 10.9 Å². The van der Waals surface area contributed by atoms with Crippen molar-refractivity contribution in [2.45, 2.75) is 13.0 Å². The molecule has 8 nitrogen and oxygen atoms in total. The van der Waals surface area contributed by atoms with E-state index in [1.807, 2.05) is 12.1 Å². The molecule has 0 spiro atoms. The molecular weight excluding hydrogens is 432 g/mol. The molecule has 1 aromatic heterocycles. The highest BCUT2D eigenvalue weighted by Crippen LogP contribution is 2.20. The molecule has 0 saturated carbocycles. The first-order valence-corrected chi connectivity index (χ1v) is 10.2. The topological polar surface area (TPSA) is 84.7 Å². The van der Waals surface area contributed by atoms with E-state index in [4.69, 9.17) is 4.74 Å². The van der Waals surface area contributed by atoms with Crippen LogP contribution in [0.5, 0.6) is 5.75 Å². The number of carbonyl (C=O) groups excluding carboxylic acids is 2. The van der Waals surface area contributed by atoms with Crippen molar-refractivity contribution >= 4 is 35.1 Å². The maximum atomic E-state index is 12.8. The zero-order valence-corrected chi connectivity index (χ0v) is 18.6. The molecule has 0 radical (unpaired) electrons. The average molecular weight is 457 g/mol. The summed E-state index contributed by atoms with van der Waals surface area (Å²) in [6, 6.07) is 14.3. The molecule has 168 valence electrons. The fourth-order valence-corrected chi connectivity index (χ4v) is 3.79. The third-order valence-corrected chi connectivity index (χ3v) is 5.56. The fraction of sp³-hybridized carbons (Fsp3) is 0.304. The van der Waals surface area contributed by atoms with E-state index in [-0.39, 0.29) is 42.7 Å². The largest absolute Gasteiger partial charge is 0.496 e. The molecule has 1 aliphatic rings. The van der Waals surface area contributed by atoms with E-state index in [0.717, 1.165) is 0 Å². The maximum Gasteiger partial charge on any atom is 0.261 e. The van der Waals surface area contributed by atoms with Gasteiger partial charge < -0.3 is 14.5 Å². The Hall–Kier alpha value is -3.39. The monoisotopic (exact) mass is 456 g/mol. The van der Waals surface area contributed by atoms with E-state index in [1.165, 1.54) is 10.9 Å². The zero-order chi connectivity index (χ0) is 21.8. The number of aromatic nitrogens is 2. The Kier molecular flexibility index (Phi) is 7.48. The molecule has 0 unspecified atom stereocenters. The summed E-state index contributed by atoms with van der Waals surface area (Å²) in [6.45, 7) is 2.12. The van der Waals surface area contributed by atoms with Gasteiger partial charge in [0.15, 0.2) is 0 Å². The molecule has 0 aliphatic carbocycles. The molecule has 3 aromatic rings. The summed E-state index contributed by atoms with van der Waals surface area (Å²) < 4.78 is 6.76. The van der Waals surface area contributed by atoms with Crippen molar-refractivity contribution in [2.24, 2.45) is 0 Å². The number of hydrogen-bond acceptors (Lipinski definition) is 5. The minimum atomic E-state index is -0.148. The highest BCUT2D eigenvalue weighted by Gasteiger charge is 2.26. The minimum absolute atomic E-state index is 0.